The van der Waals surface area contributed by atoms with Gasteiger partial charge in [0, 0.05) is 13.1 Å². The monoisotopic (exact) mass is 278 g/mol. The third-order valence-electron chi connectivity index (χ3n) is 3.35. The van der Waals surface area contributed by atoms with Crippen LogP contribution in [-0.4, -0.2) is 29.3 Å². The summed E-state index contributed by atoms with van der Waals surface area (Å²) >= 11 is 0. The maximum Gasteiger partial charge on any atom is 0.350 e. The Balaban J connectivity index is 1.82. The van der Waals surface area contributed by atoms with Crippen LogP contribution in [-0.2, 0) is 0 Å². The van der Waals surface area contributed by atoms with Crippen molar-refractivity contribution in [2.45, 2.75) is 32.6 Å². The summed E-state index contributed by atoms with van der Waals surface area (Å²) in [6.07, 6.45) is 4.58. The summed E-state index contributed by atoms with van der Waals surface area (Å²) in [7, 11) is 0. The molecule has 0 bridgehead atoms. The normalized spacial score (nSPS) is 16.3. The molecule has 1 aromatic carbocycles. The molecule has 2 amide bonds. The van der Waals surface area contributed by atoms with E-state index in [-0.39, 0.29) is 0 Å². The number of carbonyl (C=O) groups is 1. The zero-order chi connectivity index (χ0) is 14.4. The Morgan fingerprint density at radius 3 is 2.35 bits per heavy atom. The van der Waals surface area contributed by atoms with Gasteiger partial charge in [0.2, 0.25) is 0 Å². The Morgan fingerprint density at radius 2 is 1.75 bits per heavy atom. The quantitative estimate of drug-likeness (QED) is 0.741. The number of aryl methyl sites for hydroxylation is 1. The first-order valence-electron chi connectivity index (χ1n) is 7.03. The summed E-state index contributed by atoms with van der Waals surface area (Å²) < 4.78 is 0. The number of amides is 2. The summed E-state index contributed by atoms with van der Waals surface area (Å²) in [5, 5.41) is 12.4. The van der Waals surface area contributed by atoms with Crippen molar-refractivity contribution >= 4 is 11.7 Å². The number of rotatable bonds is 3. The lowest BCUT2D eigenvalue weighted by Gasteiger charge is -2.23. The Labute approximate surface area is 119 Å². The number of hydrazine groups is 2. The van der Waals surface area contributed by atoms with Crippen LogP contribution in [0.15, 0.2) is 24.3 Å². The molecule has 0 aromatic heterocycles. The Hall–Kier alpha value is -1.79. The number of nitrogens with zero attached hydrogens (tertiary/aromatic N) is 2. The number of anilines is 1. The van der Waals surface area contributed by atoms with Crippen LogP contribution >= 0.6 is 0 Å². The van der Waals surface area contributed by atoms with Gasteiger partial charge >= 0.3 is 6.03 Å². The van der Waals surface area contributed by atoms with Gasteiger partial charge in [-0.05, 0) is 31.9 Å². The molecule has 1 saturated heterocycles. The highest BCUT2D eigenvalue weighted by Crippen LogP contribution is 2.11. The molecule has 3 N–H and O–H groups in total. The molecule has 1 aromatic rings. The highest BCUT2D eigenvalue weighted by atomic mass is 16.5. The molecular formula is C14H22N4O2. The second-order valence-electron chi connectivity index (χ2n) is 5.10. The molecule has 20 heavy (non-hydrogen) atoms. The molecule has 0 radical (unpaired) electrons. The molecule has 0 unspecified atom stereocenters. The van der Waals surface area contributed by atoms with Gasteiger partial charge in [0.25, 0.3) is 0 Å². The molecule has 1 aliphatic heterocycles. The average molecular weight is 278 g/mol. The number of nitrogens with one attached hydrogen (secondary N) is 2. The predicted octanol–water partition coefficient (Wildman–Crippen LogP) is 2.20. The van der Waals surface area contributed by atoms with E-state index >= 15 is 0 Å². The van der Waals surface area contributed by atoms with Crippen LogP contribution in [0.2, 0.25) is 0 Å². The molecule has 2 rings (SSSR count). The van der Waals surface area contributed by atoms with Crippen molar-refractivity contribution in [3.63, 3.8) is 0 Å². The van der Waals surface area contributed by atoms with Crippen LogP contribution in [0, 0.1) is 6.92 Å². The molecule has 6 heteroatoms. The van der Waals surface area contributed by atoms with E-state index in [1.54, 1.807) is 12.1 Å². The van der Waals surface area contributed by atoms with Crippen molar-refractivity contribution in [2.75, 3.05) is 18.3 Å². The van der Waals surface area contributed by atoms with Gasteiger partial charge in [-0.1, -0.05) is 30.5 Å². The molecule has 0 atom stereocenters. The zero-order valence-corrected chi connectivity index (χ0v) is 11.8. The van der Waals surface area contributed by atoms with Crippen LogP contribution < -0.4 is 16.0 Å². The fraction of sp³-hybridized carbons (Fsp3) is 0.500. The van der Waals surface area contributed by atoms with Gasteiger partial charge in [-0.25, -0.2) is 15.2 Å². The highest BCUT2D eigenvalue weighted by molar-refractivity contribution is 5.75. The molecule has 110 valence electrons. The lowest BCUT2D eigenvalue weighted by atomic mass is 10.2. The minimum absolute atomic E-state index is 0.435. The third-order valence-corrected chi connectivity index (χ3v) is 3.35. The van der Waals surface area contributed by atoms with Crippen molar-refractivity contribution in [1.29, 1.82) is 0 Å². The van der Waals surface area contributed by atoms with Gasteiger partial charge in [-0.2, -0.15) is 5.17 Å². The number of hydrogen-bond donors (Lipinski definition) is 3. The van der Waals surface area contributed by atoms with E-state index in [4.69, 9.17) is 0 Å². The Kier molecular flexibility index (Phi) is 5.20. The minimum atomic E-state index is -0.435. The van der Waals surface area contributed by atoms with Crippen LogP contribution in [0.1, 0.15) is 31.2 Å². The number of benzene rings is 1. The molecular weight excluding hydrogens is 256 g/mol. The van der Waals surface area contributed by atoms with Gasteiger partial charge in [0.15, 0.2) is 0 Å². The smallest absolute Gasteiger partial charge is 0.269 e. The first-order valence-corrected chi connectivity index (χ1v) is 7.03. The molecule has 1 aliphatic rings. The van der Waals surface area contributed by atoms with E-state index < -0.39 is 6.03 Å². The summed E-state index contributed by atoms with van der Waals surface area (Å²) in [5.41, 5.74) is 6.74. The van der Waals surface area contributed by atoms with Gasteiger partial charge < -0.3 is 0 Å². The Bertz CT molecular complexity index is 427. The first-order chi connectivity index (χ1) is 9.65. The second kappa shape index (κ2) is 7.12. The summed E-state index contributed by atoms with van der Waals surface area (Å²) in [6, 6.07) is 6.78. The van der Waals surface area contributed by atoms with Crippen molar-refractivity contribution in [2.24, 2.45) is 0 Å². The summed E-state index contributed by atoms with van der Waals surface area (Å²) in [4.78, 5) is 11.8. The van der Waals surface area contributed by atoms with Gasteiger partial charge in [-0.15, -0.1) is 0 Å². The zero-order valence-electron chi connectivity index (χ0n) is 11.8. The van der Waals surface area contributed by atoms with Crippen molar-refractivity contribution in [1.82, 2.24) is 15.9 Å². The van der Waals surface area contributed by atoms with Crippen molar-refractivity contribution in [3.8, 4) is 0 Å². The molecule has 0 aliphatic carbocycles. The van der Waals surface area contributed by atoms with Gasteiger partial charge in [0.1, 0.15) is 0 Å². The van der Waals surface area contributed by atoms with Crippen LogP contribution in [0.5, 0.6) is 0 Å². The molecule has 1 fully saturated rings. The number of carbonyl (C=O) groups excluding carboxylic acids is 1. The van der Waals surface area contributed by atoms with E-state index in [9.17, 15) is 10.0 Å². The molecule has 0 spiro atoms. The van der Waals surface area contributed by atoms with Crippen LogP contribution in [0.4, 0.5) is 10.5 Å². The summed E-state index contributed by atoms with van der Waals surface area (Å²) in [5.74, 6) is 0. The minimum Gasteiger partial charge on any atom is -0.269 e. The topological polar surface area (TPSA) is 67.8 Å². The Morgan fingerprint density at radius 1 is 1.15 bits per heavy atom. The SMILES string of the molecule is Cc1ccc(N(O)NC(=O)NN2CCCCCC2)cc1. The number of urea groups is 1. The lowest BCUT2D eigenvalue weighted by Crippen LogP contribution is -2.52. The lowest BCUT2D eigenvalue weighted by molar-refractivity contribution is 0.159. The summed E-state index contributed by atoms with van der Waals surface area (Å²) in [6.45, 7) is 3.66. The first kappa shape index (κ1) is 14.6. The van der Waals surface area contributed by atoms with Crippen molar-refractivity contribution < 1.29 is 10.0 Å². The molecule has 1 heterocycles. The van der Waals surface area contributed by atoms with E-state index in [0.717, 1.165) is 36.7 Å². The maximum atomic E-state index is 11.8. The maximum absolute atomic E-state index is 11.8. The van der Waals surface area contributed by atoms with E-state index in [2.05, 4.69) is 10.9 Å². The largest absolute Gasteiger partial charge is 0.350 e. The fourth-order valence-electron chi connectivity index (χ4n) is 2.20. The molecule has 0 saturated carbocycles. The van der Waals surface area contributed by atoms with E-state index in [1.165, 1.54) is 12.8 Å². The van der Waals surface area contributed by atoms with Crippen molar-refractivity contribution in [3.05, 3.63) is 29.8 Å². The van der Waals surface area contributed by atoms with Gasteiger partial charge in [-0.3, -0.25) is 10.6 Å². The van der Waals surface area contributed by atoms with Gasteiger partial charge in [0.05, 0.1) is 5.69 Å². The highest BCUT2D eigenvalue weighted by Gasteiger charge is 2.13. The average Bonchev–Trinajstić information content (AvgIpc) is 2.68. The van der Waals surface area contributed by atoms with E-state index in [1.807, 2.05) is 24.1 Å². The second-order valence-corrected chi connectivity index (χ2v) is 5.10. The molecule has 6 nitrogen and oxygen atoms in total. The van der Waals surface area contributed by atoms with Crippen LogP contribution in [0.3, 0.4) is 0 Å². The third kappa shape index (κ3) is 4.40. The predicted molar refractivity (Wildman–Crippen MR) is 77.2 cm³/mol. The van der Waals surface area contributed by atoms with E-state index in [0.29, 0.717) is 5.69 Å². The van der Waals surface area contributed by atoms with Crippen LogP contribution in [0.25, 0.3) is 0 Å². The standard InChI is InChI=1S/C14H22N4O2/c1-12-6-8-13(9-7-12)18(20)16-14(19)15-17-10-4-2-3-5-11-17/h6-9,20H,2-5,10-11H2,1H3,(H2,15,16,19). The fourth-order valence-corrected chi connectivity index (χ4v) is 2.20. The number of hydrogen-bond acceptors (Lipinski definition) is 4.